The predicted molar refractivity (Wildman–Crippen MR) is 126 cm³/mol. The second-order valence-corrected chi connectivity index (χ2v) is 8.04. The van der Waals surface area contributed by atoms with Gasteiger partial charge < -0.3 is 25.2 Å². The van der Waals surface area contributed by atoms with Crippen LogP contribution in [0.3, 0.4) is 0 Å². The molecule has 3 aromatic carbocycles. The fraction of sp³-hybridized carbons (Fsp3) is 0.231. The molecule has 1 amide bonds. The van der Waals surface area contributed by atoms with E-state index in [1.807, 2.05) is 29.7 Å². The van der Waals surface area contributed by atoms with Crippen LogP contribution in [0.2, 0.25) is 0 Å². The minimum absolute atomic E-state index is 0.0447. The van der Waals surface area contributed by atoms with Gasteiger partial charge in [-0.25, -0.2) is 4.98 Å². The number of nitrogens with zero attached hydrogens (tertiary/aromatic N) is 2. The molecule has 33 heavy (non-hydrogen) atoms. The maximum atomic E-state index is 12.5. The van der Waals surface area contributed by atoms with E-state index < -0.39 is 11.7 Å². The van der Waals surface area contributed by atoms with Gasteiger partial charge in [0.05, 0.1) is 17.1 Å². The summed E-state index contributed by atoms with van der Waals surface area (Å²) in [7, 11) is 0. The van der Waals surface area contributed by atoms with E-state index in [1.165, 1.54) is 6.07 Å². The number of carbonyl (C=O) groups is 1. The number of para-hydroxylation sites is 1. The number of carbonyl (C=O) groups excluding carboxylic acids is 1. The molecular formula is C26H27N3O4. The summed E-state index contributed by atoms with van der Waals surface area (Å²) in [5.41, 5.74) is 0.874. The molecular weight excluding hydrogens is 418 g/mol. The van der Waals surface area contributed by atoms with E-state index in [0.29, 0.717) is 40.1 Å². The number of aromatic hydroxyl groups is 1. The van der Waals surface area contributed by atoms with E-state index in [9.17, 15) is 20.1 Å². The second-order valence-electron chi connectivity index (χ2n) is 8.04. The third kappa shape index (κ3) is 4.08. The Morgan fingerprint density at radius 3 is 2.45 bits per heavy atom. The highest BCUT2D eigenvalue weighted by atomic mass is 16.3. The number of aryl methyl sites for hydroxylation is 1. The van der Waals surface area contributed by atoms with Crippen LogP contribution in [0.15, 0.2) is 72.8 Å². The Bertz CT molecular complexity index is 1280. The fourth-order valence-corrected chi connectivity index (χ4v) is 4.07. The molecule has 0 aliphatic carbocycles. The van der Waals surface area contributed by atoms with Gasteiger partial charge >= 0.3 is 0 Å². The van der Waals surface area contributed by atoms with Crippen LogP contribution in [0.1, 0.15) is 41.2 Å². The van der Waals surface area contributed by atoms with Gasteiger partial charge in [-0.15, -0.1) is 0 Å². The number of fused-ring (bicyclic) bond motifs is 1. The molecule has 0 aliphatic heterocycles. The Morgan fingerprint density at radius 1 is 1.09 bits per heavy atom. The van der Waals surface area contributed by atoms with Crippen molar-refractivity contribution in [3.8, 4) is 5.75 Å². The maximum Gasteiger partial charge on any atom is 0.251 e. The lowest BCUT2D eigenvalue weighted by Gasteiger charge is -2.30. The molecule has 0 radical (unpaired) electrons. The van der Waals surface area contributed by atoms with Crippen molar-refractivity contribution in [2.45, 2.75) is 32.1 Å². The molecule has 7 heteroatoms. The van der Waals surface area contributed by atoms with Crippen molar-refractivity contribution in [3.05, 3.63) is 95.3 Å². The minimum Gasteiger partial charge on any atom is -0.508 e. The van der Waals surface area contributed by atoms with E-state index in [1.54, 1.807) is 55.5 Å². The molecule has 170 valence electrons. The summed E-state index contributed by atoms with van der Waals surface area (Å²) in [6.07, 6.45) is -0.648. The number of amides is 1. The van der Waals surface area contributed by atoms with E-state index in [2.05, 4.69) is 5.32 Å². The number of nitrogens with one attached hydrogen (secondary N) is 1. The summed E-state index contributed by atoms with van der Waals surface area (Å²) < 4.78 is 1.85. The van der Waals surface area contributed by atoms with Gasteiger partial charge in [0.1, 0.15) is 5.75 Å². The summed E-state index contributed by atoms with van der Waals surface area (Å²) in [6, 6.07) is 20.9. The summed E-state index contributed by atoms with van der Waals surface area (Å²) in [5.74, 6) is -0.00628. The van der Waals surface area contributed by atoms with Crippen LogP contribution in [0.5, 0.6) is 5.75 Å². The Kier molecular flexibility index (Phi) is 6.18. The molecule has 0 bridgehead atoms. The molecule has 1 unspecified atom stereocenters. The van der Waals surface area contributed by atoms with Gasteiger partial charge in [-0.2, -0.15) is 0 Å². The first kappa shape index (κ1) is 22.5. The first-order valence-electron chi connectivity index (χ1n) is 10.9. The van der Waals surface area contributed by atoms with Gasteiger partial charge in [-0.1, -0.05) is 48.5 Å². The Balaban J connectivity index is 1.92. The van der Waals surface area contributed by atoms with Gasteiger partial charge in [-0.05, 0) is 43.7 Å². The number of aromatic nitrogens is 2. The molecule has 0 aliphatic rings. The van der Waals surface area contributed by atoms with Gasteiger partial charge in [0.25, 0.3) is 5.91 Å². The number of rotatable bonds is 7. The zero-order valence-electron chi connectivity index (χ0n) is 18.6. The Morgan fingerprint density at radius 2 is 1.79 bits per heavy atom. The highest BCUT2D eigenvalue weighted by molar-refractivity contribution is 5.97. The summed E-state index contributed by atoms with van der Waals surface area (Å²) in [4.78, 5) is 17.3. The molecule has 1 heterocycles. The van der Waals surface area contributed by atoms with Gasteiger partial charge in [0, 0.05) is 24.2 Å². The molecule has 2 atom stereocenters. The topological polar surface area (TPSA) is 108 Å². The maximum absolute atomic E-state index is 12.5. The number of phenols is 1. The van der Waals surface area contributed by atoms with Crippen molar-refractivity contribution in [2.75, 3.05) is 6.54 Å². The molecule has 1 aromatic heterocycles. The van der Waals surface area contributed by atoms with E-state index in [4.69, 9.17) is 4.98 Å². The predicted octanol–water partition coefficient (Wildman–Crippen LogP) is 3.16. The standard InChI is InChI=1S/C26H27N3O4/c1-3-29-22-15-18(24(32)27-16-17(2)30)13-14-21(22)28-25(29)26(33,19-9-5-4-6-10-19)20-11-7-8-12-23(20)31/h4-15,17,30-31,33H,3,16H2,1-2H3,(H,27,32)/t17-,26?/m1/s1. The molecule has 0 spiro atoms. The normalized spacial score (nSPS) is 14.1. The summed E-state index contributed by atoms with van der Waals surface area (Å²) >= 11 is 0. The van der Waals surface area contributed by atoms with E-state index >= 15 is 0 Å². The monoisotopic (exact) mass is 445 g/mol. The van der Waals surface area contributed by atoms with Crippen molar-refractivity contribution in [1.29, 1.82) is 0 Å². The van der Waals surface area contributed by atoms with Crippen LogP contribution in [0.4, 0.5) is 0 Å². The molecule has 7 nitrogen and oxygen atoms in total. The number of aliphatic hydroxyl groups excluding tert-OH is 1. The zero-order chi connectivity index (χ0) is 23.6. The SMILES string of the molecule is CCn1c(C(O)(c2ccccc2)c2ccccc2O)nc2ccc(C(=O)NC[C@@H](C)O)cc21. The second kappa shape index (κ2) is 9.05. The lowest BCUT2D eigenvalue weighted by molar-refractivity contribution is 0.0924. The lowest BCUT2D eigenvalue weighted by Crippen LogP contribution is -2.32. The van der Waals surface area contributed by atoms with Crippen molar-refractivity contribution < 1.29 is 20.1 Å². The molecule has 0 saturated carbocycles. The lowest BCUT2D eigenvalue weighted by atomic mass is 9.84. The molecule has 4 rings (SSSR count). The minimum atomic E-state index is -1.73. The van der Waals surface area contributed by atoms with Crippen LogP contribution in [-0.2, 0) is 12.1 Å². The van der Waals surface area contributed by atoms with Crippen LogP contribution >= 0.6 is 0 Å². The van der Waals surface area contributed by atoms with Gasteiger partial charge in [-0.3, -0.25) is 4.79 Å². The Labute approximate surface area is 192 Å². The van der Waals surface area contributed by atoms with Gasteiger partial charge in [0.15, 0.2) is 11.4 Å². The van der Waals surface area contributed by atoms with Crippen molar-refractivity contribution in [2.24, 2.45) is 0 Å². The average molecular weight is 446 g/mol. The Hall–Kier alpha value is -3.68. The van der Waals surface area contributed by atoms with Crippen LogP contribution in [-0.4, -0.2) is 43.4 Å². The first-order valence-corrected chi connectivity index (χ1v) is 10.9. The largest absolute Gasteiger partial charge is 0.508 e. The third-order valence-corrected chi connectivity index (χ3v) is 5.69. The van der Waals surface area contributed by atoms with Crippen molar-refractivity contribution >= 4 is 16.9 Å². The summed E-state index contributed by atoms with van der Waals surface area (Å²) in [6.45, 7) is 4.16. The zero-order valence-corrected chi connectivity index (χ0v) is 18.6. The van der Waals surface area contributed by atoms with Crippen molar-refractivity contribution in [3.63, 3.8) is 0 Å². The number of aliphatic hydroxyl groups is 2. The van der Waals surface area contributed by atoms with Crippen LogP contribution < -0.4 is 5.32 Å². The highest BCUT2D eigenvalue weighted by Gasteiger charge is 2.40. The number of hydrogen-bond donors (Lipinski definition) is 4. The van der Waals surface area contributed by atoms with Crippen LogP contribution in [0, 0.1) is 0 Å². The number of hydrogen-bond acceptors (Lipinski definition) is 5. The molecule has 4 aromatic rings. The summed E-state index contributed by atoms with van der Waals surface area (Å²) in [5, 5.41) is 35.0. The molecule has 4 N–H and O–H groups in total. The number of phenolic OH excluding ortho intramolecular Hbond substituents is 1. The van der Waals surface area contributed by atoms with Crippen LogP contribution in [0.25, 0.3) is 11.0 Å². The van der Waals surface area contributed by atoms with Gasteiger partial charge in [0.2, 0.25) is 0 Å². The number of benzene rings is 3. The number of imidazole rings is 1. The molecule has 0 fully saturated rings. The molecule has 0 saturated heterocycles. The smallest absolute Gasteiger partial charge is 0.251 e. The van der Waals surface area contributed by atoms with E-state index in [-0.39, 0.29) is 18.2 Å². The fourth-order valence-electron chi connectivity index (χ4n) is 4.07. The van der Waals surface area contributed by atoms with E-state index in [0.717, 1.165) is 0 Å². The highest BCUT2D eigenvalue weighted by Crippen LogP contribution is 2.41. The average Bonchev–Trinajstić information content (AvgIpc) is 3.21. The third-order valence-electron chi connectivity index (χ3n) is 5.69. The first-order chi connectivity index (χ1) is 15.9. The van der Waals surface area contributed by atoms with Crippen molar-refractivity contribution in [1.82, 2.24) is 14.9 Å². The quantitative estimate of drug-likeness (QED) is 0.350.